The van der Waals surface area contributed by atoms with E-state index in [1.165, 1.54) is 12.1 Å². The fourth-order valence-electron chi connectivity index (χ4n) is 1.81. The number of carbonyl (C=O) groups excluding carboxylic acids is 2. The summed E-state index contributed by atoms with van der Waals surface area (Å²) in [5.74, 6) is -1.05. The van der Waals surface area contributed by atoms with Gasteiger partial charge in [-0.3, -0.25) is 0 Å². The molecule has 0 fully saturated rings. The summed E-state index contributed by atoms with van der Waals surface area (Å²) in [4.78, 5) is 35.3. The summed E-state index contributed by atoms with van der Waals surface area (Å²) in [6.45, 7) is 10.2. The molecule has 0 aliphatic heterocycles. The lowest BCUT2D eigenvalue weighted by Crippen LogP contribution is -2.49. The van der Waals surface area contributed by atoms with Crippen molar-refractivity contribution in [2.45, 2.75) is 59.3 Å². The van der Waals surface area contributed by atoms with Crippen LogP contribution >= 0.6 is 0 Å². The molecule has 0 radical (unpaired) electrons. The zero-order valence-electron chi connectivity index (χ0n) is 16.0. The Kier molecular flexibility index (Phi) is 6.60. The van der Waals surface area contributed by atoms with Crippen LogP contribution in [0, 0.1) is 0 Å². The molecule has 0 heterocycles. The number of carboxylic acids is 1. The molecular weight excluding hydrogens is 340 g/mol. The van der Waals surface area contributed by atoms with E-state index in [4.69, 9.17) is 14.6 Å². The molecule has 0 aliphatic carbocycles. The van der Waals surface area contributed by atoms with Crippen LogP contribution in [0.1, 0.15) is 57.5 Å². The van der Waals surface area contributed by atoms with Crippen LogP contribution in [-0.4, -0.2) is 39.5 Å². The summed E-state index contributed by atoms with van der Waals surface area (Å²) >= 11 is 0. The number of nitrogens with one attached hydrogen (secondary N) is 1. The fraction of sp³-hybridized carbons (Fsp3) is 0.500. The molecule has 1 rings (SSSR count). The van der Waals surface area contributed by atoms with Crippen LogP contribution < -0.4 is 5.43 Å². The molecule has 0 saturated heterocycles. The van der Waals surface area contributed by atoms with Gasteiger partial charge < -0.3 is 14.6 Å². The van der Waals surface area contributed by atoms with Gasteiger partial charge in [-0.05, 0) is 59.2 Å². The van der Waals surface area contributed by atoms with E-state index in [1.807, 2.05) is 0 Å². The summed E-state index contributed by atoms with van der Waals surface area (Å²) < 4.78 is 10.4. The SMILES string of the molecule is CC(C)(C)OC(=O)NN(Cc1ccc(C(=O)O)cc1)C(=O)OC(C)(C)C. The van der Waals surface area contributed by atoms with Crippen LogP contribution in [0.5, 0.6) is 0 Å². The molecule has 0 aliphatic rings. The molecule has 2 N–H and O–H groups in total. The van der Waals surface area contributed by atoms with E-state index in [2.05, 4.69) is 5.43 Å². The van der Waals surface area contributed by atoms with Crippen molar-refractivity contribution in [3.63, 3.8) is 0 Å². The summed E-state index contributed by atoms with van der Waals surface area (Å²) in [7, 11) is 0. The molecule has 8 nitrogen and oxygen atoms in total. The van der Waals surface area contributed by atoms with Crippen LogP contribution in [0.3, 0.4) is 0 Å². The van der Waals surface area contributed by atoms with E-state index in [9.17, 15) is 14.4 Å². The van der Waals surface area contributed by atoms with Gasteiger partial charge in [-0.15, -0.1) is 0 Å². The number of nitrogens with zero attached hydrogens (tertiary/aromatic N) is 1. The monoisotopic (exact) mass is 366 g/mol. The minimum absolute atomic E-state index is 0.0198. The molecule has 2 amide bonds. The lowest BCUT2D eigenvalue weighted by molar-refractivity contribution is -0.000659. The van der Waals surface area contributed by atoms with E-state index in [0.717, 1.165) is 5.01 Å². The number of ether oxygens (including phenoxy) is 2. The number of aromatic carboxylic acids is 1. The fourth-order valence-corrected chi connectivity index (χ4v) is 1.81. The van der Waals surface area contributed by atoms with Gasteiger partial charge in [-0.2, -0.15) is 0 Å². The maximum atomic E-state index is 12.4. The highest BCUT2D eigenvalue weighted by atomic mass is 16.6. The first-order chi connectivity index (χ1) is 11.8. The minimum atomic E-state index is -1.05. The molecule has 0 saturated carbocycles. The number of hydrogen-bond acceptors (Lipinski definition) is 5. The zero-order chi connectivity index (χ0) is 20.1. The first kappa shape index (κ1) is 21.3. The smallest absolute Gasteiger partial charge is 0.429 e. The van der Waals surface area contributed by atoms with Gasteiger partial charge in [0.25, 0.3) is 0 Å². The highest BCUT2D eigenvalue weighted by Gasteiger charge is 2.26. The van der Waals surface area contributed by atoms with Crippen molar-refractivity contribution in [1.82, 2.24) is 10.4 Å². The summed E-state index contributed by atoms with van der Waals surface area (Å²) in [5.41, 5.74) is 1.61. The van der Waals surface area contributed by atoms with Crippen LogP contribution in [0.15, 0.2) is 24.3 Å². The molecule has 0 spiro atoms. The van der Waals surface area contributed by atoms with Gasteiger partial charge in [0, 0.05) is 0 Å². The van der Waals surface area contributed by atoms with E-state index in [1.54, 1.807) is 53.7 Å². The van der Waals surface area contributed by atoms with Gasteiger partial charge in [-0.25, -0.2) is 24.8 Å². The first-order valence-electron chi connectivity index (χ1n) is 8.09. The molecule has 26 heavy (non-hydrogen) atoms. The highest BCUT2D eigenvalue weighted by Crippen LogP contribution is 2.13. The van der Waals surface area contributed by atoms with Crippen LogP contribution in [0.25, 0.3) is 0 Å². The Hall–Kier alpha value is -2.77. The van der Waals surface area contributed by atoms with Gasteiger partial charge in [0.05, 0.1) is 12.1 Å². The van der Waals surface area contributed by atoms with Crippen LogP contribution in [0.4, 0.5) is 9.59 Å². The lowest BCUT2D eigenvalue weighted by Gasteiger charge is -2.28. The third-order valence-corrected chi connectivity index (χ3v) is 2.78. The number of benzene rings is 1. The van der Waals surface area contributed by atoms with Crippen molar-refractivity contribution in [3.05, 3.63) is 35.4 Å². The Labute approximate surface area is 153 Å². The third-order valence-electron chi connectivity index (χ3n) is 2.78. The maximum absolute atomic E-state index is 12.4. The largest absolute Gasteiger partial charge is 0.478 e. The second-order valence-corrected chi connectivity index (χ2v) is 7.68. The van der Waals surface area contributed by atoms with Crippen molar-refractivity contribution in [2.75, 3.05) is 0 Å². The van der Waals surface area contributed by atoms with Gasteiger partial charge in [0.1, 0.15) is 11.2 Å². The Morgan fingerprint density at radius 1 is 0.962 bits per heavy atom. The Bertz CT molecular complexity index is 656. The molecule has 0 unspecified atom stereocenters. The van der Waals surface area contributed by atoms with Gasteiger partial charge in [0.2, 0.25) is 0 Å². The van der Waals surface area contributed by atoms with Crippen molar-refractivity contribution < 1.29 is 29.0 Å². The van der Waals surface area contributed by atoms with Crippen molar-refractivity contribution in [3.8, 4) is 0 Å². The zero-order valence-corrected chi connectivity index (χ0v) is 16.0. The lowest BCUT2D eigenvalue weighted by atomic mass is 10.1. The van der Waals surface area contributed by atoms with Crippen molar-refractivity contribution >= 4 is 18.2 Å². The van der Waals surface area contributed by atoms with Gasteiger partial charge in [0.15, 0.2) is 0 Å². The van der Waals surface area contributed by atoms with Gasteiger partial charge in [-0.1, -0.05) is 12.1 Å². The molecule has 0 aromatic heterocycles. The van der Waals surface area contributed by atoms with E-state index >= 15 is 0 Å². The molecule has 1 aromatic rings. The van der Waals surface area contributed by atoms with E-state index in [0.29, 0.717) is 5.56 Å². The normalized spacial score (nSPS) is 11.5. The third kappa shape index (κ3) is 7.87. The predicted molar refractivity (Wildman–Crippen MR) is 94.5 cm³/mol. The molecule has 0 bridgehead atoms. The Morgan fingerprint density at radius 3 is 1.88 bits per heavy atom. The number of hydrogen-bond donors (Lipinski definition) is 2. The molecule has 8 heteroatoms. The molecular formula is C18H26N2O6. The summed E-state index contributed by atoms with van der Waals surface area (Å²) in [6.07, 6.45) is -1.56. The Morgan fingerprint density at radius 2 is 1.46 bits per heavy atom. The number of carboxylic acid groups (broad SMARTS) is 1. The number of carbonyl (C=O) groups is 3. The quantitative estimate of drug-likeness (QED) is 0.793. The second kappa shape index (κ2) is 8.07. The van der Waals surface area contributed by atoms with Gasteiger partial charge >= 0.3 is 18.2 Å². The Balaban J connectivity index is 2.94. The van der Waals surface area contributed by atoms with Crippen molar-refractivity contribution in [1.29, 1.82) is 0 Å². The number of amides is 2. The van der Waals surface area contributed by atoms with Crippen LogP contribution in [0.2, 0.25) is 0 Å². The summed E-state index contributed by atoms with van der Waals surface area (Å²) in [5, 5.41) is 9.92. The molecule has 144 valence electrons. The number of hydrazine groups is 1. The van der Waals surface area contributed by atoms with E-state index in [-0.39, 0.29) is 12.1 Å². The summed E-state index contributed by atoms with van der Waals surface area (Å²) in [6, 6.07) is 5.94. The topological polar surface area (TPSA) is 105 Å². The second-order valence-electron chi connectivity index (χ2n) is 7.68. The van der Waals surface area contributed by atoms with Crippen molar-refractivity contribution in [2.24, 2.45) is 0 Å². The van der Waals surface area contributed by atoms with E-state index < -0.39 is 29.4 Å². The predicted octanol–water partition coefficient (Wildman–Crippen LogP) is 3.56. The average molecular weight is 366 g/mol. The molecule has 1 aromatic carbocycles. The first-order valence-corrected chi connectivity index (χ1v) is 8.09. The highest BCUT2D eigenvalue weighted by molar-refractivity contribution is 5.87. The average Bonchev–Trinajstić information content (AvgIpc) is 2.43. The standard InChI is InChI=1S/C18H26N2O6/c1-17(2,3)25-15(23)19-20(16(24)26-18(4,5)6)11-12-7-9-13(10-8-12)14(21)22/h7-10H,11H2,1-6H3,(H,19,23)(H,21,22). The number of rotatable bonds is 3. The minimum Gasteiger partial charge on any atom is -0.478 e. The maximum Gasteiger partial charge on any atom is 0.429 e. The molecule has 0 atom stereocenters. The van der Waals surface area contributed by atoms with Crippen LogP contribution in [-0.2, 0) is 16.0 Å².